The maximum atomic E-state index is 5.08. The lowest BCUT2D eigenvalue weighted by Gasteiger charge is -2.18. The van der Waals surface area contributed by atoms with E-state index in [2.05, 4.69) is 51.9 Å². The first-order valence-corrected chi connectivity index (χ1v) is 9.24. The number of nitrogens with one attached hydrogen (secondary N) is 3. The molecule has 26 heavy (non-hydrogen) atoms. The minimum atomic E-state index is 0. The van der Waals surface area contributed by atoms with Gasteiger partial charge >= 0.3 is 0 Å². The molecule has 0 amide bonds. The van der Waals surface area contributed by atoms with E-state index in [-0.39, 0.29) is 24.0 Å². The smallest absolute Gasteiger partial charge is 0.191 e. The molecule has 0 aliphatic heterocycles. The lowest BCUT2D eigenvalue weighted by Crippen LogP contribution is -2.41. The molecule has 0 saturated carbocycles. The van der Waals surface area contributed by atoms with Crippen LogP contribution in [-0.2, 0) is 4.74 Å². The Labute approximate surface area is 176 Å². The van der Waals surface area contributed by atoms with Crippen LogP contribution in [0.3, 0.4) is 0 Å². The van der Waals surface area contributed by atoms with Crippen molar-refractivity contribution in [1.82, 2.24) is 15.5 Å². The first kappa shape index (κ1) is 24.9. The molecule has 1 aromatic carbocycles. The number of rotatable bonds is 13. The van der Waals surface area contributed by atoms with Crippen LogP contribution < -0.4 is 16.0 Å². The largest absolute Gasteiger partial charge is 0.385 e. The van der Waals surface area contributed by atoms with Gasteiger partial charge in [0.05, 0.1) is 0 Å². The van der Waals surface area contributed by atoms with Gasteiger partial charge < -0.3 is 25.6 Å². The molecule has 1 aromatic rings. The average Bonchev–Trinajstić information content (AvgIpc) is 2.62. The molecule has 0 aliphatic carbocycles. The molecule has 0 atom stereocenters. The van der Waals surface area contributed by atoms with Crippen molar-refractivity contribution >= 4 is 35.6 Å². The fourth-order valence-electron chi connectivity index (χ4n) is 2.36. The molecule has 150 valence electrons. The van der Waals surface area contributed by atoms with Crippen LogP contribution in [0.1, 0.15) is 19.8 Å². The van der Waals surface area contributed by atoms with Crippen molar-refractivity contribution in [2.75, 3.05) is 65.3 Å². The SMILES string of the molecule is CCNC(=NCCCNc1ccccc1)NCCN(C)CCCOC.I. The van der Waals surface area contributed by atoms with Crippen LogP contribution in [0.25, 0.3) is 0 Å². The van der Waals surface area contributed by atoms with Gasteiger partial charge in [0, 0.05) is 58.7 Å². The zero-order valence-corrected chi connectivity index (χ0v) is 18.8. The highest BCUT2D eigenvalue weighted by Crippen LogP contribution is 2.04. The number of methoxy groups -OCH3 is 1. The molecular weight excluding hydrogens is 441 g/mol. The molecular formula is C19H36IN5O. The Hall–Kier alpha value is -1.06. The number of halogens is 1. The van der Waals surface area contributed by atoms with E-state index in [1.807, 2.05) is 18.2 Å². The number of hydrogen-bond donors (Lipinski definition) is 3. The first-order valence-electron chi connectivity index (χ1n) is 9.24. The van der Waals surface area contributed by atoms with Crippen LogP contribution in [-0.4, -0.2) is 70.9 Å². The molecule has 6 nitrogen and oxygen atoms in total. The number of nitrogens with zero attached hydrogens (tertiary/aromatic N) is 2. The number of likely N-dealkylation sites (N-methyl/N-ethyl adjacent to an activating group) is 1. The molecule has 0 unspecified atom stereocenters. The Bertz CT molecular complexity index is 459. The molecule has 0 radical (unpaired) electrons. The number of benzene rings is 1. The second-order valence-electron chi connectivity index (χ2n) is 5.98. The van der Waals surface area contributed by atoms with Crippen molar-refractivity contribution in [2.45, 2.75) is 19.8 Å². The van der Waals surface area contributed by atoms with Gasteiger partial charge in [-0.3, -0.25) is 4.99 Å². The molecule has 7 heteroatoms. The van der Waals surface area contributed by atoms with Gasteiger partial charge in [-0.2, -0.15) is 0 Å². The van der Waals surface area contributed by atoms with E-state index < -0.39 is 0 Å². The summed E-state index contributed by atoms with van der Waals surface area (Å²) in [7, 11) is 3.88. The summed E-state index contributed by atoms with van der Waals surface area (Å²) in [5.74, 6) is 0.896. The van der Waals surface area contributed by atoms with E-state index >= 15 is 0 Å². The van der Waals surface area contributed by atoms with Crippen LogP contribution in [0.5, 0.6) is 0 Å². The van der Waals surface area contributed by atoms with Crippen LogP contribution in [0.2, 0.25) is 0 Å². The number of hydrogen-bond acceptors (Lipinski definition) is 4. The van der Waals surface area contributed by atoms with Gasteiger partial charge in [-0.05, 0) is 38.9 Å². The molecule has 0 heterocycles. The number of anilines is 1. The minimum absolute atomic E-state index is 0. The van der Waals surface area contributed by atoms with E-state index in [0.717, 1.165) is 70.4 Å². The summed E-state index contributed by atoms with van der Waals surface area (Å²) < 4.78 is 5.08. The van der Waals surface area contributed by atoms with Crippen LogP contribution >= 0.6 is 24.0 Å². The van der Waals surface area contributed by atoms with E-state index in [1.165, 1.54) is 0 Å². The third kappa shape index (κ3) is 13.2. The predicted octanol–water partition coefficient (Wildman–Crippen LogP) is 2.63. The lowest BCUT2D eigenvalue weighted by molar-refractivity contribution is 0.180. The second-order valence-corrected chi connectivity index (χ2v) is 5.98. The Balaban J connectivity index is 0.00000625. The summed E-state index contributed by atoms with van der Waals surface area (Å²) in [5.41, 5.74) is 1.16. The van der Waals surface area contributed by atoms with Crippen molar-refractivity contribution in [3.63, 3.8) is 0 Å². The minimum Gasteiger partial charge on any atom is -0.385 e. The summed E-state index contributed by atoms with van der Waals surface area (Å²) in [5, 5.41) is 10.1. The van der Waals surface area contributed by atoms with Gasteiger partial charge in [-0.15, -0.1) is 24.0 Å². The molecule has 1 rings (SSSR count). The highest BCUT2D eigenvalue weighted by molar-refractivity contribution is 14.0. The summed E-state index contributed by atoms with van der Waals surface area (Å²) in [6.45, 7) is 8.44. The standard InChI is InChI=1S/C19H35N5O.HI/c1-4-20-19(23-14-16-24(2)15-9-17-25-3)22-13-8-12-21-18-10-6-5-7-11-18;/h5-7,10-11,21H,4,8-9,12-17H2,1-3H3,(H2,20,22,23);1H. The third-order valence-electron chi connectivity index (χ3n) is 3.73. The number of para-hydroxylation sites is 1. The quantitative estimate of drug-likeness (QED) is 0.177. The molecule has 0 spiro atoms. The van der Waals surface area contributed by atoms with E-state index in [1.54, 1.807) is 7.11 Å². The zero-order chi connectivity index (χ0) is 18.2. The van der Waals surface area contributed by atoms with Crippen molar-refractivity contribution < 1.29 is 4.74 Å². The highest BCUT2D eigenvalue weighted by Gasteiger charge is 2.00. The van der Waals surface area contributed by atoms with Gasteiger partial charge in [0.2, 0.25) is 0 Å². The zero-order valence-electron chi connectivity index (χ0n) is 16.5. The number of ether oxygens (including phenoxy) is 1. The average molecular weight is 477 g/mol. The number of aliphatic imine (C=N–C) groups is 1. The van der Waals surface area contributed by atoms with Gasteiger partial charge in [-0.1, -0.05) is 18.2 Å². The van der Waals surface area contributed by atoms with Gasteiger partial charge in [-0.25, -0.2) is 0 Å². The van der Waals surface area contributed by atoms with Crippen molar-refractivity contribution in [3.05, 3.63) is 30.3 Å². The maximum Gasteiger partial charge on any atom is 0.191 e. The van der Waals surface area contributed by atoms with Crippen molar-refractivity contribution in [2.24, 2.45) is 4.99 Å². The fourth-order valence-corrected chi connectivity index (χ4v) is 2.36. The number of guanidine groups is 1. The first-order chi connectivity index (χ1) is 12.3. The normalized spacial score (nSPS) is 11.2. The van der Waals surface area contributed by atoms with Crippen LogP contribution in [0, 0.1) is 0 Å². The predicted molar refractivity (Wildman–Crippen MR) is 123 cm³/mol. The molecule has 0 bridgehead atoms. The van der Waals surface area contributed by atoms with Gasteiger partial charge in [0.25, 0.3) is 0 Å². The summed E-state index contributed by atoms with van der Waals surface area (Å²) in [6.07, 6.45) is 2.07. The second kappa shape index (κ2) is 17.4. The maximum absolute atomic E-state index is 5.08. The molecule has 3 N–H and O–H groups in total. The summed E-state index contributed by atoms with van der Waals surface area (Å²) >= 11 is 0. The fraction of sp³-hybridized carbons (Fsp3) is 0.632. The Morgan fingerprint density at radius 2 is 1.85 bits per heavy atom. The topological polar surface area (TPSA) is 60.9 Å². The van der Waals surface area contributed by atoms with Gasteiger partial charge in [0.15, 0.2) is 5.96 Å². The Kier molecular flexibility index (Phi) is 16.7. The lowest BCUT2D eigenvalue weighted by atomic mass is 10.3. The highest BCUT2D eigenvalue weighted by atomic mass is 127. The molecule has 0 fully saturated rings. The Morgan fingerprint density at radius 1 is 1.08 bits per heavy atom. The van der Waals surface area contributed by atoms with Crippen molar-refractivity contribution in [1.29, 1.82) is 0 Å². The third-order valence-corrected chi connectivity index (χ3v) is 3.73. The van der Waals surface area contributed by atoms with Crippen molar-refractivity contribution in [3.8, 4) is 0 Å². The molecule has 0 saturated heterocycles. The molecule has 0 aromatic heterocycles. The van der Waals surface area contributed by atoms with Crippen LogP contribution in [0.15, 0.2) is 35.3 Å². The van der Waals surface area contributed by atoms with Gasteiger partial charge in [0.1, 0.15) is 0 Å². The van der Waals surface area contributed by atoms with E-state index in [4.69, 9.17) is 4.74 Å². The molecule has 0 aliphatic rings. The monoisotopic (exact) mass is 477 g/mol. The summed E-state index contributed by atoms with van der Waals surface area (Å²) in [6, 6.07) is 10.3. The van der Waals surface area contributed by atoms with E-state index in [9.17, 15) is 0 Å². The Morgan fingerprint density at radius 3 is 2.54 bits per heavy atom. The van der Waals surface area contributed by atoms with E-state index in [0.29, 0.717) is 0 Å². The summed E-state index contributed by atoms with van der Waals surface area (Å²) in [4.78, 5) is 6.94. The van der Waals surface area contributed by atoms with Crippen LogP contribution in [0.4, 0.5) is 5.69 Å².